The highest BCUT2D eigenvalue weighted by Crippen LogP contribution is 2.39. The van der Waals surface area contributed by atoms with Crippen LogP contribution in [-0.4, -0.2) is 12.7 Å². The molecule has 1 fully saturated rings. The molecule has 0 bridgehead atoms. The molecule has 1 unspecified atom stereocenters. The second-order valence-electron chi connectivity index (χ2n) is 10.9. The summed E-state index contributed by atoms with van der Waals surface area (Å²) in [6, 6.07) is 0. The van der Waals surface area contributed by atoms with Gasteiger partial charge in [0, 0.05) is 6.61 Å². The number of unbranched alkanes of at least 4 members (excludes halogenated alkanes) is 1. The molecule has 0 aromatic heterocycles. The van der Waals surface area contributed by atoms with Crippen LogP contribution < -0.4 is 0 Å². The van der Waals surface area contributed by atoms with Crippen molar-refractivity contribution in [2.24, 2.45) is 35.0 Å². The molecule has 0 aromatic carbocycles. The topological polar surface area (TPSA) is 9.23 Å². The zero-order valence-corrected chi connectivity index (χ0v) is 21.4. The highest BCUT2D eigenvalue weighted by molar-refractivity contribution is 4.86. The number of hydrogen-bond donors (Lipinski definition) is 0. The third-order valence-electron chi connectivity index (χ3n) is 7.50. The van der Waals surface area contributed by atoms with Crippen molar-refractivity contribution in [1.82, 2.24) is 0 Å². The third-order valence-corrected chi connectivity index (χ3v) is 7.50. The standard InChI is InChI=1S/C18H36O.C9H20/c1-7-13(2)10-8-9-11-19-18-15(4)12-14(3)16(5)17(18)6;1-5-7-9(3,4)8-6-2/h13-18H,7-12H2,1-6H3;5-8H2,1-4H3/t13?,14-,15+,16-,17-,18-;/m1./s1. The van der Waals surface area contributed by atoms with Gasteiger partial charge >= 0.3 is 0 Å². The van der Waals surface area contributed by atoms with Crippen LogP contribution in [0.25, 0.3) is 0 Å². The maximum Gasteiger partial charge on any atom is 0.0628 e. The Morgan fingerprint density at radius 2 is 1.43 bits per heavy atom. The first-order valence-corrected chi connectivity index (χ1v) is 12.7. The van der Waals surface area contributed by atoms with Gasteiger partial charge in [0.2, 0.25) is 0 Å². The summed E-state index contributed by atoms with van der Waals surface area (Å²) in [6.07, 6.45) is 12.5. The van der Waals surface area contributed by atoms with Gasteiger partial charge < -0.3 is 4.74 Å². The van der Waals surface area contributed by atoms with E-state index in [1.54, 1.807) is 0 Å². The summed E-state index contributed by atoms with van der Waals surface area (Å²) in [5.41, 5.74) is 0.601. The fourth-order valence-electron chi connectivity index (χ4n) is 5.08. The summed E-state index contributed by atoms with van der Waals surface area (Å²) in [7, 11) is 0. The molecule has 28 heavy (non-hydrogen) atoms. The SMILES string of the molecule is CCC(C)CCCCO[C@H]1[C@H](C)[C@H](C)[C@H](C)C[C@@H]1C.CCCC(C)(C)CCC. The first kappa shape index (κ1) is 28.0. The van der Waals surface area contributed by atoms with Gasteiger partial charge in [0.15, 0.2) is 0 Å². The minimum absolute atomic E-state index is 0.495. The molecule has 0 heterocycles. The molecule has 1 aliphatic rings. The van der Waals surface area contributed by atoms with Crippen molar-refractivity contribution in [2.45, 2.75) is 133 Å². The van der Waals surface area contributed by atoms with Crippen molar-refractivity contribution in [3.8, 4) is 0 Å². The van der Waals surface area contributed by atoms with Crippen LogP contribution in [0.1, 0.15) is 127 Å². The predicted molar refractivity (Wildman–Crippen MR) is 128 cm³/mol. The third kappa shape index (κ3) is 11.2. The summed E-state index contributed by atoms with van der Waals surface area (Å²) in [4.78, 5) is 0. The van der Waals surface area contributed by atoms with E-state index in [1.165, 1.54) is 57.8 Å². The van der Waals surface area contributed by atoms with Crippen LogP contribution in [0.4, 0.5) is 0 Å². The molecule has 0 radical (unpaired) electrons. The van der Waals surface area contributed by atoms with Crippen LogP contribution >= 0.6 is 0 Å². The summed E-state index contributed by atoms with van der Waals surface area (Å²) >= 11 is 0. The molecule has 1 heteroatoms. The monoisotopic (exact) mass is 396 g/mol. The normalized spacial score (nSPS) is 29.1. The molecule has 1 rings (SSSR count). The van der Waals surface area contributed by atoms with Crippen LogP contribution in [0.15, 0.2) is 0 Å². The van der Waals surface area contributed by atoms with Gasteiger partial charge in [-0.25, -0.2) is 0 Å². The molecule has 0 aliphatic heterocycles. The van der Waals surface area contributed by atoms with Gasteiger partial charge in [-0.2, -0.15) is 0 Å². The van der Waals surface area contributed by atoms with Gasteiger partial charge in [0.1, 0.15) is 0 Å². The molecule has 0 amide bonds. The molecule has 170 valence electrons. The Labute approximate surface area is 179 Å². The largest absolute Gasteiger partial charge is 0.378 e. The number of hydrogen-bond acceptors (Lipinski definition) is 1. The van der Waals surface area contributed by atoms with E-state index in [9.17, 15) is 0 Å². The number of rotatable bonds is 11. The lowest BCUT2D eigenvalue weighted by molar-refractivity contribution is -0.0719. The van der Waals surface area contributed by atoms with Gasteiger partial charge in [-0.05, 0) is 60.7 Å². The molecule has 0 N–H and O–H groups in total. The molecule has 1 nitrogen and oxygen atoms in total. The highest BCUT2D eigenvalue weighted by Gasteiger charge is 2.36. The second-order valence-corrected chi connectivity index (χ2v) is 10.9. The Morgan fingerprint density at radius 1 is 0.857 bits per heavy atom. The van der Waals surface area contributed by atoms with E-state index in [2.05, 4.69) is 69.2 Å². The van der Waals surface area contributed by atoms with Gasteiger partial charge in [0.25, 0.3) is 0 Å². The molecule has 6 atom stereocenters. The van der Waals surface area contributed by atoms with Gasteiger partial charge in [-0.3, -0.25) is 0 Å². The second kappa shape index (κ2) is 14.9. The van der Waals surface area contributed by atoms with E-state index in [0.717, 1.165) is 30.3 Å². The highest BCUT2D eigenvalue weighted by atomic mass is 16.5. The summed E-state index contributed by atoms with van der Waals surface area (Å²) < 4.78 is 6.24. The molecular formula is C27H56O. The van der Waals surface area contributed by atoms with E-state index < -0.39 is 0 Å². The van der Waals surface area contributed by atoms with Gasteiger partial charge in [0.05, 0.1) is 6.10 Å². The average Bonchev–Trinajstić information content (AvgIpc) is 2.62. The number of ether oxygens (including phenoxy) is 1. The fraction of sp³-hybridized carbons (Fsp3) is 1.00. The van der Waals surface area contributed by atoms with E-state index in [1.807, 2.05) is 0 Å². The van der Waals surface area contributed by atoms with Crippen LogP contribution in [0.5, 0.6) is 0 Å². The van der Waals surface area contributed by atoms with Crippen LogP contribution in [0, 0.1) is 35.0 Å². The predicted octanol–water partition coefficient (Wildman–Crippen LogP) is 9.15. The Kier molecular flexibility index (Phi) is 14.8. The minimum Gasteiger partial charge on any atom is -0.378 e. The van der Waals surface area contributed by atoms with E-state index >= 15 is 0 Å². The lowest BCUT2D eigenvalue weighted by atomic mass is 9.68. The Morgan fingerprint density at radius 3 is 1.93 bits per heavy atom. The first-order chi connectivity index (χ1) is 13.1. The zero-order chi connectivity index (χ0) is 21.7. The summed E-state index contributed by atoms with van der Waals surface area (Å²) in [5, 5.41) is 0. The maximum absolute atomic E-state index is 6.24. The average molecular weight is 397 g/mol. The Balaban J connectivity index is 0.000000684. The van der Waals surface area contributed by atoms with E-state index in [0.29, 0.717) is 17.4 Å². The van der Waals surface area contributed by atoms with Crippen LogP contribution in [0.3, 0.4) is 0 Å². The molecule has 0 aromatic rings. The first-order valence-electron chi connectivity index (χ1n) is 12.7. The van der Waals surface area contributed by atoms with Crippen molar-refractivity contribution in [1.29, 1.82) is 0 Å². The molecule has 1 aliphatic carbocycles. The van der Waals surface area contributed by atoms with E-state index in [4.69, 9.17) is 4.74 Å². The maximum atomic E-state index is 6.24. The van der Waals surface area contributed by atoms with Crippen molar-refractivity contribution in [3.05, 3.63) is 0 Å². The minimum atomic E-state index is 0.495. The fourth-order valence-corrected chi connectivity index (χ4v) is 5.08. The zero-order valence-electron chi connectivity index (χ0n) is 21.4. The van der Waals surface area contributed by atoms with Crippen molar-refractivity contribution >= 4 is 0 Å². The van der Waals surface area contributed by atoms with E-state index in [-0.39, 0.29) is 0 Å². The molecule has 1 saturated carbocycles. The summed E-state index contributed by atoms with van der Waals surface area (Å²) in [6.45, 7) is 24.4. The van der Waals surface area contributed by atoms with Crippen LogP contribution in [-0.2, 0) is 4.74 Å². The molecule has 0 spiro atoms. The van der Waals surface area contributed by atoms with Crippen molar-refractivity contribution in [2.75, 3.05) is 6.61 Å². The smallest absolute Gasteiger partial charge is 0.0628 e. The Hall–Kier alpha value is -0.0400. The Bertz CT molecular complexity index is 353. The lowest BCUT2D eigenvalue weighted by Crippen LogP contribution is -2.41. The summed E-state index contributed by atoms with van der Waals surface area (Å²) in [5.74, 6) is 3.99. The van der Waals surface area contributed by atoms with Gasteiger partial charge in [-0.15, -0.1) is 0 Å². The lowest BCUT2D eigenvalue weighted by Gasteiger charge is -2.42. The molecule has 0 saturated heterocycles. The van der Waals surface area contributed by atoms with Crippen molar-refractivity contribution < 1.29 is 4.74 Å². The van der Waals surface area contributed by atoms with Gasteiger partial charge in [-0.1, -0.05) is 101 Å². The van der Waals surface area contributed by atoms with Crippen molar-refractivity contribution in [3.63, 3.8) is 0 Å². The quantitative estimate of drug-likeness (QED) is 0.316. The molecular weight excluding hydrogens is 340 g/mol. The van der Waals surface area contributed by atoms with Crippen LogP contribution in [0.2, 0.25) is 0 Å².